The van der Waals surface area contributed by atoms with Gasteiger partial charge in [-0.15, -0.1) is 0 Å². The van der Waals surface area contributed by atoms with Gasteiger partial charge in [-0.05, 0) is 50.1 Å². The number of carbonyl (C=O) groups is 1. The van der Waals surface area contributed by atoms with E-state index in [1.165, 1.54) is 12.1 Å². The lowest BCUT2D eigenvalue weighted by atomic mass is 10.1. The molecule has 4 heteroatoms. The molecule has 0 aliphatic carbocycles. The average Bonchev–Trinajstić information content (AvgIpc) is 2.45. The van der Waals surface area contributed by atoms with Gasteiger partial charge in [0.1, 0.15) is 5.82 Å². The molecule has 2 aromatic carbocycles. The lowest BCUT2D eigenvalue weighted by Crippen LogP contribution is -2.16. The Bertz CT molecular complexity index is 668. The number of hydrogen-bond acceptors (Lipinski definition) is 2. The number of para-hydroxylation sites is 1. The average molecular weight is 286 g/mol. The van der Waals surface area contributed by atoms with Crippen molar-refractivity contribution in [3.63, 3.8) is 0 Å². The van der Waals surface area contributed by atoms with E-state index in [0.717, 1.165) is 16.8 Å². The minimum absolute atomic E-state index is 0.239. The maximum absolute atomic E-state index is 13.8. The van der Waals surface area contributed by atoms with Gasteiger partial charge >= 0.3 is 0 Å². The molecule has 0 bridgehead atoms. The summed E-state index contributed by atoms with van der Waals surface area (Å²) in [6.45, 7) is 6.29. The highest BCUT2D eigenvalue weighted by Gasteiger charge is 2.15. The standard InChI is InChI=1S/C17H19FN2O/c1-4-19-16-13(6-5-7-14(16)18)17(21)20-15-10-11(2)8-9-12(15)3/h5-10,19H,4H2,1-3H3,(H,20,21). The predicted octanol–water partition coefficient (Wildman–Crippen LogP) is 4.13. The number of rotatable bonds is 4. The molecule has 0 aromatic heterocycles. The largest absolute Gasteiger partial charge is 0.382 e. The molecule has 2 N–H and O–H groups in total. The van der Waals surface area contributed by atoms with Gasteiger partial charge in [-0.2, -0.15) is 0 Å². The van der Waals surface area contributed by atoms with Gasteiger partial charge in [0.05, 0.1) is 11.3 Å². The van der Waals surface area contributed by atoms with Crippen molar-refractivity contribution in [3.8, 4) is 0 Å². The second kappa shape index (κ2) is 6.39. The van der Waals surface area contributed by atoms with Crippen molar-refractivity contribution in [3.05, 3.63) is 58.9 Å². The van der Waals surface area contributed by atoms with E-state index in [0.29, 0.717) is 12.1 Å². The summed E-state index contributed by atoms with van der Waals surface area (Å²) in [6.07, 6.45) is 0. The zero-order chi connectivity index (χ0) is 15.4. The van der Waals surface area contributed by atoms with Gasteiger partial charge < -0.3 is 10.6 Å². The molecule has 0 heterocycles. The molecule has 110 valence electrons. The number of benzene rings is 2. The molecule has 1 amide bonds. The molecule has 0 aliphatic rings. The van der Waals surface area contributed by atoms with Crippen LogP contribution in [0.1, 0.15) is 28.4 Å². The molecule has 3 nitrogen and oxygen atoms in total. The maximum Gasteiger partial charge on any atom is 0.257 e. The van der Waals surface area contributed by atoms with Gasteiger partial charge in [-0.3, -0.25) is 4.79 Å². The SMILES string of the molecule is CCNc1c(F)cccc1C(=O)Nc1cc(C)ccc1C. The van der Waals surface area contributed by atoms with Crippen LogP contribution in [-0.2, 0) is 0 Å². The van der Waals surface area contributed by atoms with Crippen molar-refractivity contribution in [2.45, 2.75) is 20.8 Å². The maximum atomic E-state index is 13.8. The zero-order valence-corrected chi connectivity index (χ0v) is 12.5. The third-order valence-corrected chi connectivity index (χ3v) is 3.25. The molecule has 0 saturated heterocycles. The Hall–Kier alpha value is -2.36. The van der Waals surface area contributed by atoms with Crippen LogP contribution in [0.15, 0.2) is 36.4 Å². The van der Waals surface area contributed by atoms with E-state index in [1.807, 2.05) is 39.0 Å². The van der Waals surface area contributed by atoms with Crippen molar-refractivity contribution >= 4 is 17.3 Å². The van der Waals surface area contributed by atoms with Gasteiger partial charge in [-0.25, -0.2) is 4.39 Å². The van der Waals surface area contributed by atoms with Crippen LogP contribution < -0.4 is 10.6 Å². The van der Waals surface area contributed by atoms with Crippen LogP contribution in [0, 0.1) is 19.7 Å². The molecule has 0 spiro atoms. The van der Waals surface area contributed by atoms with Gasteiger partial charge in [0.15, 0.2) is 0 Å². The Morgan fingerprint density at radius 2 is 1.95 bits per heavy atom. The van der Waals surface area contributed by atoms with Crippen LogP contribution in [0.5, 0.6) is 0 Å². The van der Waals surface area contributed by atoms with Crippen LogP contribution in [0.25, 0.3) is 0 Å². The van der Waals surface area contributed by atoms with E-state index in [4.69, 9.17) is 0 Å². The molecule has 0 fully saturated rings. The number of nitrogens with one attached hydrogen (secondary N) is 2. The summed E-state index contributed by atoms with van der Waals surface area (Å²) in [5, 5.41) is 5.75. The third-order valence-electron chi connectivity index (χ3n) is 3.25. The van der Waals surface area contributed by atoms with Crippen molar-refractivity contribution in [2.24, 2.45) is 0 Å². The number of hydrogen-bond donors (Lipinski definition) is 2. The van der Waals surface area contributed by atoms with Gasteiger partial charge in [0.2, 0.25) is 0 Å². The van der Waals surface area contributed by atoms with Crippen LogP contribution in [0.2, 0.25) is 0 Å². The fraction of sp³-hybridized carbons (Fsp3) is 0.235. The van der Waals surface area contributed by atoms with Crippen molar-refractivity contribution < 1.29 is 9.18 Å². The minimum Gasteiger partial charge on any atom is -0.382 e. The Morgan fingerprint density at radius 3 is 2.67 bits per heavy atom. The molecule has 2 aromatic rings. The molecular weight excluding hydrogens is 267 g/mol. The Labute approximate surface area is 124 Å². The summed E-state index contributed by atoms with van der Waals surface area (Å²) in [4.78, 5) is 12.4. The highest BCUT2D eigenvalue weighted by atomic mass is 19.1. The molecular formula is C17H19FN2O. The van der Waals surface area contributed by atoms with Crippen molar-refractivity contribution in [2.75, 3.05) is 17.2 Å². The number of halogens is 1. The molecule has 0 saturated carbocycles. The van der Waals surface area contributed by atoms with Crippen molar-refractivity contribution in [1.29, 1.82) is 0 Å². The Morgan fingerprint density at radius 1 is 1.19 bits per heavy atom. The Balaban J connectivity index is 2.32. The third kappa shape index (κ3) is 3.40. The number of anilines is 2. The molecule has 0 unspecified atom stereocenters. The second-order valence-electron chi connectivity index (χ2n) is 4.97. The first-order chi connectivity index (χ1) is 10.0. The zero-order valence-electron chi connectivity index (χ0n) is 12.5. The lowest BCUT2D eigenvalue weighted by molar-refractivity contribution is 0.102. The quantitative estimate of drug-likeness (QED) is 0.887. The van der Waals surface area contributed by atoms with E-state index in [9.17, 15) is 9.18 Å². The monoisotopic (exact) mass is 286 g/mol. The highest BCUT2D eigenvalue weighted by molar-refractivity contribution is 6.08. The first kappa shape index (κ1) is 15.0. The summed E-state index contributed by atoms with van der Waals surface area (Å²) >= 11 is 0. The number of aryl methyl sites for hydroxylation is 2. The van der Waals surface area contributed by atoms with Crippen molar-refractivity contribution in [1.82, 2.24) is 0 Å². The topological polar surface area (TPSA) is 41.1 Å². The van der Waals surface area contributed by atoms with Crippen LogP contribution in [0.4, 0.5) is 15.8 Å². The highest BCUT2D eigenvalue weighted by Crippen LogP contribution is 2.22. The fourth-order valence-electron chi connectivity index (χ4n) is 2.13. The van der Waals surface area contributed by atoms with E-state index >= 15 is 0 Å². The number of amides is 1. The fourth-order valence-corrected chi connectivity index (χ4v) is 2.13. The predicted molar refractivity (Wildman–Crippen MR) is 84.4 cm³/mol. The van der Waals surface area contributed by atoms with E-state index in [1.54, 1.807) is 6.07 Å². The summed E-state index contributed by atoms with van der Waals surface area (Å²) < 4.78 is 13.8. The smallest absolute Gasteiger partial charge is 0.257 e. The normalized spacial score (nSPS) is 10.3. The van der Waals surface area contributed by atoms with E-state index in [2.05, 4.69) is 10.6 Å². The van der Waals surface area contributed by atoms with Crippen LogP contribution in [0.3, 0.4) is 0 Å². The minimum atomic E-state index is -0.425. The first-order valence-corrected chi connectivity index (χ1v) is 6.94. The summed E-state index contributed by atoms with van der Waals surface area (Å²) in [6, 6.07) is 10.3. The summed E-state index contributed by atoms with van der Waals surface area (Å²) in [5.74, 6) is -0.746. The van der Waals surface area contributed by atoms with Crippen LogP contribution >= 0.6 is 0 Å². The van der Waals surface area contributed by atoms with Gasteiger partial charge in [0.25, 0.3) is 5.91 Å². The van der Waals surface area contributed by atoms with E-state index in [-0.39, 0.29) is 11.6 Å². The lowest BCUT2D eigenvalue weighted by Gasteiger charge is -2.13. The molecule has 2 rings (SSSR count). The van der Waals surface area contributed by atoms with Gasteiger partial charge in [0, 0.05) is 12.2 Å². The summed E-state index contributed by atoms with van der Waals surface area (Å²) in [7, 11) is 0. The Kier molecular flexibility index (Phi) is 4.58. The van der Waals surface area contributed by atoms with E-state index < -0.39 is 5.82 Å². The molecule has 0 radical (unpaired) electrons. The van der Waals surface area contributed by atoms with Crippen LogP contribution in [-0.4, -0.2) is 12.5 Å². The molecule has 21 heavy (non-hydrogen) atoms. The molecule has 0 atom stereocenters. The van der Waals surface area contributed by atoms with Gasteiger partial charge in [-0.1, -0.05) is 18.2 Å². The number of carbonyl (C=O) groups excluding carboxylic acids is 1. The second-order valence-corrected chi connectivity index (χ2v) is 4.97. The summed E-state index contributed by atoms with van der Waals surface area (Å²) in [5.41, 5.74) is 3.31. The molecule has 0 aliphatic heterocycles. The first-order valence-electron chi connectivity index (χ1n) is 6.94.